The van der Waals surface area contributed by atoms with Crippen LogP contribution in [0.1, 0.15) is 29.0 Å². The minimum absolute atomic E-state index is 0.0653. The van der Waals surface area contributed by atoms with Crippen molar-refractivity contribution in [3.63, 3.8) is 0 Å². The van der Waals surface area contributed by atoms with Crippen LogP contribution in [-0.4, -0.2) is 15.0 Å². The Balaban J connectivity index is 0.910. The molecule has 5 nitrogen and oxygen atoms in total. The van der Waals surface area contributed by atoms with Crippen LogP contribution in [0.4, 0.5) is 0 Å². The molecule has 0 aliphatic heterocycles. The molecule has 0 N–H and O–H groups in total. The molecule has 13 aromatic rings. The molecule has 71 heavy (non-hydrogen) atoms. The third-order valence-corrected chi connectivity index (χ3v) is 14.4. The van der Waals surface area contributed by atoms with Gasteiger partial charge in [-0.3, -0.25) is 0 Å². The normalized spacial score (nSPS) is 13.4. The van der Waals surface area contributed by atoms with Crippen molar-refractivity contribution in [1.29, 1.82) is 0 Å². The fourth-order valence-electron chi connectivity index (χ4n) is 10.9. The number of aryl methyl sites for hydroxylation is 1. The Morgan fingerprint density at radius 2 is 0.859 bits per heavy atom. The summed E-state index contributed by atoms with van der Waals surface area (Å²) in [5.74, 6) is 1.86. The number of hydrogen-bond donors (Lipinski definition) is 0. The molecular formula is C66H43N3O2. The Bertz CT molecular complexity index is 4160. The van der Waals surface area contributed by atoms with Gasteiger partial charge in [-0.1, -0.05) is 194 Å². The summed E-state index contributed by atoms with van der Waals surface area (Å²) in [6, 6.07) is 81.5. The molecule has 0 fully saturated rings. The summed E-state index contributed by atoms with van der Waals surface area (Å²) in [7, 11) is 0. The largest absolute Gasteiger partial charge is 0.456 e. The lowest BCUT2D eigenvalue weighted by Gasteiger charge is -2.21. The average Bonchev–Trinajstić information content (AvgIpc) is 3.97. The summed E-state index contributed by atoms with van der Waals surface area (Å²) in [6.45, 7) is 0. The molecule has 1 aliphatic rings. The van der Waals surface area contributed by atoms with Gasteiger partial charge in [-0.25, -0.2) is 15.0 Å². The first-order valence-corrected chi connectivity index (χ1v) is 24.3. The van der Waals surface area contributed by atoms with Crippen molar-refractivity contribution in [1.82, 2.24) is 15.0 Å². The number of aromatic nitrogens is 3. The monoisotopic (exact) mass is 909 g/mol. The molecule has 0 spiro atoms. The first kappa shape index (κ1) is 40.8. The summed E-state index contributed by atoms with van der Waals surface area (Å²) in [4.78, 5) is 15.2. The number of fused-ring (bicyclic) bond motifs is 9. The standard InChI is InChI=1S/C66H43N3O2/c1-4-15-41(16-5-1)43-27-29-46(30-28-43)65-67-64(45-20-8-3-9-21-45)68-66(69-65)48-33-36-55-56-25-14-24-51(62(56)71-61(55)40-48)49-38-58(63-59(39-49)54-23-12-13-26-60(54)70-63)53-34-31-44-19-10-11-22-50(44)57-37-47(32-35-52(53)57)42-17-6-2-7-18-42/h1-30,32-33,35-40,53H,31,34H2. The first-order chi connectivity index (χ1) is 35.2. The highest BCUT2D eigenvalue weighted by Gasteiger charge is 2.29. The minimum atomic E-state index is 0.0653. The maximum absolute atomic E-state index is 7.03. The van der Waals surface area contributed by atoms with Gasteiger partial charge in [-0.15, -0.1) is 0 Å². The van der Waals surface area contributed by atoms with Gasteiger partial charge >= 0.3 is 0 Å². The summed E-state index contributed by atoms with van der Waals surface area (Å²) in [5.41, 5.74) is 19.3. The zero-order valence-corrected chi connectivity index (χ0v) is 38.6. The third kappa shape index (κ3) is 7.12. The van der Waals surface area contributed by atoms with E-state index in [9.17, 15) is 0 Å². The fraction of sp³-hybridized carbons (Fsp3) is 0.0455. The molecule has 0 bridgehead atoms. The van der Waals surface area contributed by atoms with E-state index < -0.39 is 0 Å². The first-order valence-electron chi connectivity index (χ1n) is 24.3. The predicted molar refractivity (Wildman–Crippen MR) is 289 cm³/mol. The van der Waals surface area contributed by atoms with E-state index in [1.807, 2.05) is 36.4 Å². The lowest BCUT2D eigenvalue weighted by Crippen LogP contribution is -2.04. The van der Waals surface area contributed by atoms with Crippen LogP contribution in [0.2, 0.25) is 0 Å². The second kappa shape index (κ2) is 16.8. The lowest BCUT2D eigenvalue weighted by molar-refractivity contribution is 0.647. The van der Waals surface area contributed by atoms with Crippen molar-refractivity contribution in [3.05, 3.63) is 247 Å². The molecular weight excluding hydrogens is 867 g/mol. The van der Waals surface area contributed by atoms with E-state index >= 15 is 0 Å². The molecule has 3 aromatic heterocycles. The van der Waals surface area contributed by atoms with Gasteiger partial charge in [-0.2, -0.15) is 0 Å². The van der Waals surface area contributed by atoms with Gasteiger partial charge in [0.2, 0.25) is 0 Å². The zero-order chi connectivity index (χ0) is 46.8. The summed E-state index contributed by atoms with van der Waals surface area (Å²) in [5, 5.41) is 4.27. The SMILES string of the molecule is c1ccc(-c2ccc(-c3nc(-c4ccccc4)nc(-c4ccc5c(c4)oc4c(-c6cc(C7CCc8ccccc8-c8cc(-c9ccccc9)ccc87)c7oc8ccccc8c7c6)cccc45)n3)cc2)cc1. The second-order valence-electron chi connectivity index (χ2n) is 18.6. The molecule has 5 heteroatoms. The van der Waals surface area contributed by atoms with Crippen molar-refractivity contribution in [2.45, 2.75) is 18.8 Å². The van der Waals surface area contributed by atoms with Crippen LogP contribution in [-0.2, 0) is 6.42 Å². The van der Waals surface area contributed by atoms with Crippen molar-refractivity contribution >= 4 is 43.9 Å². The third-order valence-electron chi connectivity index (χ3n) is 14.4. The lowest BCUT2D eigenvalue weighted by atomic mass is 9.82. The van der Waals surface area contributed by atoms with E-state index in [2.05, 4.69) is 194 Å². The summed E-state index contributed by atoms with van der Waals surface area (Å²) in [6.07, 6.45) is 1.88. The Kier molecular flexibility index (Phi) is 9.66. The van der Waals surface area contributed by atoms with Gasteiger partial charge < -0.3 is 8.83 Å². The van der Waals surface area contributed by atoms with Gasteiger partial charge in [0.05, 0.1) is 0 Å². The van der Waals surface area contributed by atoms with Crippen LogP contribution in [0.25, 0.3) is 123 Å². The molecule has 0 saturated carbocycles. The average molecular weight is 910 g/mol. The number of nitrogens with zero attached hydrogens (tertiary/aromatic N) is 3. The van der Waals surface area contributed by atoms with Gasteiger partial charge in [0.15, 0.2) is 17.5 Å². The Morgan fingerprint density at radius 3 is 1.63 bits per heavy atom. The maximum atomic E-state index is 7.03. The van der Waals surface area contributed by atoms with E-state index in [0.717, 1.165) is 95.7 Å². The van der Waals surface area contributed by atoms with Crippen LogP contribution in [0.5, 0.6) is 0 Å². The van der Waals surface area contributed by atoms with Crippen molar-refractivity contribution < 1.29 is 8.83 Å². The number of furan rings is 2. The Morgan fingerprint density at radius 1 is 0.310 bits per heavy atom. The van der Waals surface area contributed by atoms with Crippen LogP contribution in [0.3, 0.4) is 0 Å². The second-order valence-corrected chi connectivity index (χ2v) is 18.6. The Hall–Kier alpha value is -9.19. The van der Waals surface area contributed by atoms with Gasteiger partial charge in [0, 0.05) is 55.3 Å². The molecule has 1 aliphatic carbocycles. The highest BCUT2D eigenvalue weighted by molar-refractivity contribution is 6.12. The number of para-hydroxylation sites is 2. The minimum Gasteiger partial charge on any atom is -0.456 e. The van der Waals surface area contributed by atoms with Crippen molar-refractivity contribution in [3.8, 4) is 78.7 Å². The highest BCUT2D eigenvalue weighted by Crippen LogP contribution is 2.48. The Labute approximate surface area is 410 Å². The highest BCUT2D eigenvalue weighted by atomic mass is 16.3. The molecule has 3 heterocycles. The molecule has 334 valence electrons. The van der Waals surface area contributed by atoms with Gasteiger partial charge in [0.1, 0.15) is 22.3 Å². The summed E-state index contributed by atoms with van der Waals surface area (Å²) < 4.78 is 13.9. The van der Waals surface area contributed by atoms with Crippen LogP contribution < -0.4 is 0 Å². The molecule has 10 aromatic carbocycles. The van der Waals surface area contributed by atoms with Crippen molar-refractivity contribution in [2.24, 2.45) is 0 Å². The van der Waals surface area contributed by atoms with E-state index in [4.69, 9.17) is 23.8 Å². The topological polar surface area (TPSA) is 65.0 Å². The molecule has 0 saturated heterocycles. The molecule has 0 radical (unpaired) electrons. The van der Waals surface area contributed by atoms with Crippen molar-refractivity contribution in [2.75, 3.05) is 0 Å². The quantitative estimate of drug-likeness (QED) is 0.159. The number of rotatable bonds is 7. The smallest absolute Gasteiger partial charge is 0.164 e. The van der Waals surface area contributed by atoms with E-state index in [1.165, 1.54) is 38.9 Å². The maximum Gasteiger partial charge on any atom is 0.164 e. The number of benzene rings is 10. The molecule has 14 rings (SSSR count). The molecule has 1 unspecified atom stereocenters. The van der Waals surface area contributed by atoms with Gasteiger partial charge in [0.25, 0.3) is 0 Å². The van der Waals surface area contributed by atoms with E-state index in [0.29, 0.717) is 17.5 Å². The zero-order valence-electron chi connectivity index (χ0n) is 38.6. The summed E-state index contributed by atoms with van der Waals surface area (Å²) >= 11 is 0. The molecule has 0 amide bonds. The van der Waals surface area contributed by atoms with Crippen LogP contribution >= 0.6 is 0 Å². The van der Waals surface area contributed by atoms with E-state index in [1.54, 1.807) is 0 Å². The van der Waals surface area contributed by atoms with Crippen LogP contribution in [0.15, 0.2) is 239 Å². The molecule has 1 atom stereocenters. The number of hydrogen-bond acceptors (Lipinski definition) is 5. The fourth-order valence-corrected chi connectivity index (χ4v) is 10.9. The van der Waals surface area contributed by atoms with E-state index in [-0.39, 0.29) is 5.92 Å². The predicted octanol–water partition coefficient (Wildman–Crippen LogP) is 17.4. The van der Waals surface area contributed by atoms with Gasteiger partial charge in [-0.05, 0) is 99.3 Å². The van der Waals surface area contributed by atoms with Crippen LogP contribution in [0, 0.1) is 0 Å².